The van der Waals surface area contributed by atoms with Crippen LogP contribution in [0.5, 0.6) is 5.75 Å². The minimum Gasteiger partial charge on any atom is -0.482 e. The van der Waals surface area contributed by atoms with E-state index < -0.39 is 11.6 Å². The van der Waals surface area contributed by atoms with E-state index >= 15 is 0 Å². The van der Waals surface area contributed by atoms with Gasteiger partial charge in [-0.15, -0.1) is 11.3 Å². The lowest BCUT2D eigenvalue weighted by atomic mass is 10.3. The Bertz CT molecular complexity index is 827. The number of ether oxygens (including phenoxy) is 1. The molecule has 3 aromatic rings. The maximum atomic E-state index is 13.6. The number of nitrogens with zero attached hydrogens (tertiary/aromatic N) is 2. The van der Waals surface area contributed by atoms with Gasteiger partial charge in [-0.1, -0.05) is 27.5 Å². The number of rotatable bonds is 3. The number of halogens is 4. The number of aromatic nitrogens is 2. The van der Waals surface area contributed by atoms with Crippen molar-refractivity contribution < 1.29 is 13.5 Å². The summed E-state index contributed by atoms with van der Waals surface area (Å²) in [6.07, 6.45) is 0. The molecule has 2 aromatic heterocycles. The van der Waals surface area contributed by atoms with Crippen molar-refractivity contribution >= 4 is 49.1 Å². The Hall–Kier alpha value is -1.31. The first-order valence-electron chi connectivity index (χ1n) is 5.71. The molecule has 0 fully saturated rings. The van der Waals surface area contributed by atoms with Crippen LogP contribution in [0.25, 0.3) is 10.2 Å². The first kappa shape index (κ1) is 14.6. The van der Waals surface area contributed by atoms with Crippen molar-refractivity contribution in [1.29, 1.82) is 0 Å². The lowest BCUT2D eigenvalue weighted by Gasteiger charge is -2.08. The molecule has 0 saturated heterocycles. The van der Waals surface area contributed by atoms with E-state index in [1.165, 1.54) is 17.4 Å². The van der Waals surface area contributed by atoms with Crippen molar-refractivity contribution in [3.8, 4) is 5.75 Å². The molecule has 0 radical (unpaired) electrons. The number of fused-ring (bicyclic) bond motifs is 1. The Kier molecular flexibility index (Phi) is 4.05. The monoisotopic (exact) mass is 390 g/mol. The Morgan fingerprint density at radius 2 is 2.10 bits per heavy atom. The zero-order chi connectivity index (χ0) is 15.0. The molecule has 0 bridgehead atoms. The summed E-state index contributed by atoms with van der Waals surface area (Å²) in [5.41, 5.74) is 0. The molecule has 108 valence electrons. The van der Waals surface area contributed by atoms with Gasteiger partial charge < -0.3 is 4.74 Å². The van der Waals surface area contributed by atoms with Crippen LogP contribution in [0.2, 0.25) is 5.15 Å². The molecule has 0 N–H and O–H groups in total. The van der Waals surface area contributed by atoms with E-state index in [1.54, 1.807) is 0 Å². The van der Waals surface area contributed by atoms with Gasteiger partial charge in [-0.25, -0.2) is 14.4 Å². The second kappa shape index (κ2) is 5.82. The van der Waals surface area contributed by atoms with Crippen molar-refractivity contribution in [2.75, 3.05) is 0 Å². The highest BCUT2D eigenvalue weighted by Gasteiger charge is 2.13. The minimum atomic E-state index is -1.05. The molecule has 0 unspecified atom stereocenters. The molecule has 3 nitrogen and oxygen atoms in total. The summed E-state index contributed by atoms with van der Waals surface area (Å²) in [6.45, 7) is -0.111. The van der Waals surface area contributed by atoms with Crippen LogP contribution in [-0.4, -0.2) is 9.97 Å². The van der Waals surface area contributed by atoms with Gasteiger partial charge in [0.2, 0.25) is 5.82 Å². The van der Waals surface area contributed by atoms with Crippen molar-refractivity contribution in [2.24, 2.45) is 0 Å². The van der Waals surface area contributed by atoms with Gasteiger partial charge in [0.05, 0.1) is 0 Å². The van der Waals surface area contributed by atoms with Crippen LogP contribution in [0.15, 0.2) is 28.1 Å². The Morgan fingerprint density at radius 3 is 2.90 bits per heavy atom. The van der Waals surface area contributed by atoms with Crippen LogP contribution in [0, 0.1) is 11.6 Å². The van der Waals surface area contributed by atoms with Gasteiger partial charge in [0.25, 0.3) is 0 Å². The largest absolute Gasteiger partial charge is 0.482 e. The van der Waals surface area contributed by atoms with Crippen molar-refractivity contribution in [3.63, 3.8) is 0 Å². The predicted octanol–water partition coefficient (Wildman–Crippen LogP) is 4.96. The first-order valence-corrected chi connectivity index (χ1v) is 7.76. The quantitative estimate of drug-likeness (QED) is 0.467. The molecule has 0 spiro atoms. The van der Waals surface area contributed by atoms with Crippen molar-refractivity contribution in [2.45, 2.75) is 6.61 Å². The third-order valence-corrected chi connectivity index (χ3v) is 4.19. The summed E-state index contributed by atoms with van der Waals surface area (Å²) in [4.78, 5) is 9.04. The summed E-state index contributed by atoms with van der Waals surface area (Å²) >= 11 is 10.5. The topological polar surface area (TPSA) is 35.0 Å². The Morgan fingerprint density at radius 1 is 1.29 bits per heavy atom. The Balaban J connectivity index is 1.86. The molecule has 2 heterocycles. The van der Waals surface area contributed by atoms with Crippen LogP contribution in [0.4, 0.5) is 8.78 Å². The van der Waals surface area contributed by atoms with Gasteiger partial charge >= 0.3 is 0 Å². The summed E-state index contributed by atoms with van der Waals surface area (Å²) in [7, 11) is 0. The highest BCUT2D eigenvalue weighted by Crippen LogP contribution is 2.27. The zero-order valence-electron chi connectivity index (χ0n) is 10.2. The fraction of sp³-hybridized carbons (Fsp3) is 0.0769. The summed E-state index contributed by atoms with van der Waals surface area (Å²) in [5.74, 6) is -1.96. The van der Waals surface area contributed by atoms with E-state index in [0.717, 1.165) is 16.3 Å². The summed E-state index contributed by atoms with van der Waals surface area (Å²) in [5, 5.41) is 2.91. The molecule has 0 aliphatic heterocycles. The molecule has 8 heteroatoms. The van der Waals surface area contributed by atoms with E-state index in [0.29, 0.717) is 15.5 Å². The third kappa shape index (κ3) is 3.00. The molecule has 0 amide bonds. The van der Waals surface area contributed by atoms with Gasteiger partial charge in [-0.2, -0.15) is 4.39 Å². The highest BCUT2D eigenvalue weighted by atomic mass is 79.9. The number of hydrogen-bond acceptors (Lipinski definition) is 4. The fourth-order valence-corrected chi connectivity index (χ4v) is 3.20. The van der Waals surface area contributed by atoms with Crippen LogP contribution in [-0.2, 0) is 6.61 Å². The van der Waals surface area contributed by atoms with E-state index in [1.807, 2.05) is 11.4 Å². The van der Waals surface area contributed by atoms with E-state index in [-0.39, 0.29) is 12.4 Å². The van der Waals surface area contributed by atoms with Crippen LogP contribution < -0.4 is 4.74 Å². The van der Waals surface area contributed by atoms with E-state index in [4.69, 9.17) is 16.3 Å². The number of thiophene rings is 1. The van der Waals surface area contributed by atoms with Crippen molar-refractivity contribution in [3.05, 3.63) is 50.7 Å². The molecule has 0 aliphatic carbocycles. The molecule has 0 aliphatic rings. The minimum absolute atomic E-state index is 0.111. The average molecular weight is 392 g/mol. The van der Waals surface area contributed by atoms with Gasteiger partial charge in [-0.3, -0.25) is 0 Å². The maximum Gasteiger partial charge on any atom is 0.200 e. The van der Waals surface area contributed by atoms with E-state index in [2.05, 4.69) is 25.9 Å². The fourth-order valence-electron chi connectivity index (χ4n) is 1.70. The maximum absolute atomic E-state index is 13.6. The molecule has 21 heavy (non-hydrogen) atoms. The van der Waals surface area contributed by atoms with Crippen LogP contribution >= 0.6 is 38.9 Å². The molecular weight excluding hydrogens is 386 g/mol. The van der Waals surface area contributed by atoms with Crippen LogP contribution in [0.3, 0.4) is 0 Å². The second-order valence-corrected chi connectivity index (χ2v) is 6.23. The Labute approximate surface area is 135 Å². The van der Waals surface area contributed by atoms with Gasteiger partial charge in [0.15, 0.2) is 17.4 Å². The summed E-state index contributed by atoms with van der Waals surface area (Å²) in [6, 6.07) is 4.17. The summed E-state index contributed by atoms with van der Waals surface area (Å²) < 4.78 is 32.5. The first-order chi connectivity index (χ1) is 10.0. The molecule has 0 saturated carbocycles. The molecule has 1 aromatic carbocycles. The molecule has 0 atom stereocenters. The van der Waals surface area contributed by atoms with Gasteiger partial charge in [0.1, 0.15) is 16.6 Å². The smallest absolute Gasteiger partial charge is 0.200 e. The lowest BCUT2D eigenvalue weighted by Crippen LogP contribution is -2.03. The number of hydrogen-bond donors (Lipinski definition) is 0. The molecular formula is C13H6BrClF2N2OS. The highest BCUT2D eigenvalue weighted by molar-refractivity contribution is 9.10. The van der Waals surface area contributed by atoms with Gasteiger partial charge in [-0.05, 0) is 23.6 Å². The van der Waals surface area contributed by atoms with Crippen LogP contribution in [0.1, 0.15) is 5.82 Å². The zero-order valence-corrected chi connectivity index (χ0v) is 13.4. The second-order valence-electron chi connectivity index (χ2n) is 4.06. The van der Waals surface area contributed by atoms with E-state index in [9.17, 15) is 8.78 Å². The SMILES string of the molecule is Fc1cc(Br)cc(OCc2nc(Cl)c3ccsc3n2)c1F. The predicted molar refractivity (Wildman–Crippen MR) is 80.8 cm³/mol. The van der Waals surface area contributed by atoms with Gasteiger partial charge in [0, 0.05) is 9.86 Å². The lowest BCUT2D eigenvalue weighted by molar-refractivity contribution is 0.276. The molecule has 3 rings (SSSR count). The van der Waals surface area contributed by atoms with Crippen molar-refractivity contribution in [1.82, 2.24) is 9.97 Å². The standard InChI is InChI=1S/C13H6BrClF2N2OS/c14-6-3-8(16)11(17)9(4-6)20-5-10-18-12(15)7-1-2-21-13(7)19-10/h1-4H,5H2. The normalized spacial score (nSPS) is 11.0. The number of benzene rings is 1. The average Bonchev–Trinajstić information content (AvgIpc) is 2.90. The third-order valence-electron chi connectivity index (χ3n) is 2.64.